The summed E-state index contributed by atoms with van der Waals surface area (Å²) in [4.78, 5) is 6.57. The van der Waals surface area contributed by atoms with Gasteiger partial charge < -0.3 is 15.2 Å². The van der Waals surface area contributed by atoms with Crippen LogP contribution in [0.2, 0.25) is 0 Å². The molecule has 0 saturated carbocycles. The minimum absolute atomic E-state index is 0.131. The second-order valence-corrected chi connectivity index (χ2v) is 4.35. The zero-order chi connectivity index (χ0) is 11.4. The Labute approximate surface area is 96.0 Å². The van der Waals surface area contributed by atoms with E-state index in [0.717, 1.165) is 19.5 Å². The molecule has 1 atom stereocenters. The molecule has 16 heavy (non-hydrogen) atoms. The minimum atomic E-state index is -0.131. The van der Waals surface area contributed by atoms with E-state index in [1.54, 1.807) is 0 Å². The van der Waals surface area contributed by atoms with Crippen LogP contribution in [0.1, 0.15) is 51.0 Å². The number of hydrogen-bond donors (Lipinski definition) is 1. The van der Waals surface area contributed by atoms with Gasteiger partial charge in [-0.05, 0) is 24.4 Å². The molecule has 1 aliphatic heterocycles. The van der Waals surface area contributed by atoms with Crippen molar-refractivity contribution in [1.82, 2.24) is 10.1 Å². The molecule has 1 fully saturated rings. The monoisotopic (exact) mass is 224 g/mol. The van der Waals surface area contributed by atoms with Gasteiger partial charge in [-0.3, -0.25) is 0 Å². The lowest BCUT2D eigenvalue weighted by Gasteiger charge is -2.16. The lowest BCUT2D eigenvalue weighted by molar-refractivity contribution is 0.351. The summed E-state index contributed by atoms with van der Waals surface area (Å²) in [6.07, 6.45) is 5.85. The maximum absolute atomic E-state index is 5.85. The minimum Gasteiger partial charge on any atom is -0.338 e. The quantitative estimate of drug-likeness (QED) is 0.848. The highest BCUT2D eigenvalue weighted by Gasteiger charge is 2.18. The third-order valence-corrected chi connectivity index (χ3v) is 3.08. The molecular weight excluding hydrogens is 204 g/mol. The van der Waals surface area contributed by atoms with Crippen molar-refractivity contribution in [2.45, 2.75) is 45.1 Å². The van der Waals surface area contributed by atoms with Crippen molar-refractivity contribution in [2.24, 2.45) is 5.73 Å². The SMILES string of the molecule is CCC(N)c1nc(N2CCCCCC2)no1. The smallest absolute Gasteiger partial charge is 0.266 e. The maximum atomic E-state index is 5.85. The fourth-order valence-corrected chi connectivity index (χ4v) is 1.95. The standard InChI is InChI=1S/C11H20N4O/c1-2-9(12)10-13-11(14-16-10)15-7-5-3-4-6-8-15/h9H,2-8,12H2,1H3. The number of nitrogens with two attached hydrogens (primary N) is 1. The van der Waals surface area contributed by atoms with Gasteiger partial charge in [-0.1, -0.05) is 19.8 Å². The van der Waals surface area contributed by atoms with E-state index < -0.39 is 0 Å². The summed E-state index contributed by atoms with van der Waals surface area (Å²) in [5, 5.41) is 4.01. The average molecular weight is 224 g/mol. The lowest BCUT2D eigenvalue weighted by Crippen LogP contribution is -2.25. The Kier molecular flexibility index (Phi) is 3.77. The average Bonchev–Trinajstić information content (AvgIpc) is 2.64. The van der Waals surface area contributed by atoms with Crippen LogP contribution in [0, 0.1) is 0 Å². The first-order valence-corrected chi connectivity index (χ1v) is 6.15. The van der Waals surface area contributed by atoms with Crippen molar-refractivity contribution in [3.8, 4) is 0 Å². The van der Waals surface area contributed by atoms with Crippen molar-refractivity contribution in [3.05, 3.63) is 5.89 Å². The molecule has 5 nitrogen and oxygen atoms in total. The molecule has 1 unspecified atom stereocenters. The Morgan fingerprint density at radius 2 is 2.00 bits per heavy atom. The zero-order valence-electron chi connectivity index (χ0n) is 9.85. The highest BCUT2D eigenvalue weighted by Crippen LogP contribution is 2.19. The first kappa shape index (κ1) is 11.4. The van der Waals surface area contributed by atoms with Gasteiger partial charge in [0, 0.05) is 13.1 Å². The van der Waals surface area contributed by atoms with Crippen LogP contribution in [0.5, 0.6) is 0 Å². The molecule has 90 valence electrons. The van der Waals surface area contributed by atoms with E-state index in [4.69, 9.17) is 10.3 Å². The second kappa shape index (κ2) is 5.30. The first-order valence-electron chi connectivity index (χ1n) is 6.15. The van der Waals surface area contributed by atoms with Crippen molar-refractivity contribution in [2.75, 3.05) is 18.0 Å². The van der Waals surface area contributed by atoms with Crippen LogP contribution in [0.25, 0.3) is 0 Å². The molecule has 1 aliphatic rings. The number of rotatable bonds is 3. The molecule has 2 heterocycles. The summed E-state index contributed by atoms with van der Waals surface area (Å²) in [7, 11) is 0. The number of anilines is 1. The van der Waals surface area contributed by atoms with Gasteiger partial charge in [0.15, 0.2) is 0 Å². The van der Waals surface area contributed by atoms with Gasteiger partial charge in [-0.2, -0.15) is 4.98 Å². The van der Waals surface area contributed by atoms with Crippen molar-refractivity contribution in [1.29, 1.82) is 0 Å². The highest BCUT2D eigenvalue weighted by atomic mass is 16.5. The number of aromatic nitrogens is 2. The van der Waals surface area contributed by atoms with E-state index in [2.05, 4.69) is 15.0 Å². The number of hydrogen-bond acceptors (Lipinski definition) is 5. The molecule has 0 amide bonds. The van der Waals surface area contributed by atoms with Crippen LogP contribution in [0.4, 0.5) is 5.95 Å². The van der Waals surface area contributed by atoms with Gasteiger partial charge in [0.25, 0.3) is 5.95 Å². The molecule has 5 heteroatoms. The molecule has 1 aromatic heterocycles. The van der Waals surface area contributed by atoms with Gasteiger partial charge in [-0.25, -0.2) is 0 Å². The third-order valence-electron chi connectivity index (χ3n) is 3.08. The van der Waals surface area contributed by atoms with Crippen LogP contribution in [0.15, 0.2) is 4.52 Å². The Morgan fingerprint density at radius 3 is 2.62 bits per heavy atom. The molecule has 2 N–H and O–H groups in total. The van der Waals surface area contributed by atoms with Crippen LogP contribution < -0.4 is 10.6 Å². The molecule has 0 spiro atoms. The number of nitrogens with zero attached hydrogens (tertiary/aromatic N) is 3. The molecule has 0 radical (unpaired) electrons. The van der Waals surface area contributed by atoms with Gasteiger partial charge in [0.1, 0.15) is 0 Å². The van der Waals surface area contributed by atoms with Gasteiger partial charge in [0.2, 0.25) is 5.89 Å². The topological polar surface area (TPSA) is 68.2 Å². The summed E-state index contributed by atoms with van der Waals surface area (Å²) in [6.45, 7) is 4.07. The maximum Gasteiger partial charge on any atom is 0.266 e. The van der Waals surface area contributed by atoms with E-state index in [1.807, 2.05) is 6.92 Å². The predicted molar refractivity (Wildman–Crippen MR) is 62.2 cm³/mol. The van der Waals surface area contributed by atoms with Crippen LogP contribution >= 0.6 is 0 Å². The largest absolute Gasteiger partial charge is 0.338 e. The molecule has 1 aromatic rings. The fraction of sp³-hybridized carbons (Fsp3) is 0.818. The van der Waals surface area contributed by atoms with E-state index in [0.29, 0.717) is 11.8 Å². The Bertz CT molecular complexity index is 318. The van der Waals surface area contributed by atoms with Crippen LogP contribution in [-0.4, -0.2) is 23.2 Å². The highest BCUT2D eigenvalue weighted by molar-refractivity contribution is 5.27. The lowest BCUT2D eigenvalue weighted by atomic mass is 10.2. The van der Waals surface area contributed by atoms with E-state index in [-0.39, 0.29) is 6.04 Å². The Hall–Kier alpha value is -1.10. The molecule has 1 saturated heterocycles. The third kappa shape index (κ3) is 2.52. The van der Waals surface area contributed by atoms with E-state index >= 15 is 0 Å². The summed E-state index contributed by atoms with van der Waals surface area (Å²) in [5.74, 6) is 1.27. The summed E-state index contributed by atoms with van der Waals surface area (Å²) >= 11 is 0. The first-order chi connectivity index (χ1) is 7.81. The molecule has 0 aromatic carbocycles. The van der Waals surface area contributed by atoms with Crippen molar-refractivity contribution in [3.63, 3.8) is 0 Å². The van der Waals surface area contributed by atoms with E-state index in [1.165, 1.54) is 25.7 Å². The van der Waals surface area contributed by atoms with Crippen LogP contribution in [-0.2, 0) is 0 Å². The van der Waals surface area contributed by atoms with Crippen molar-refractivity contribution < 1.29 is 4.52 Å². The summed E-state index contributed by atoms with van der Waals surface area (Å²) in [5.41, 5.74) is 5.85. The fourth-order valence-electron chi connectivity index (χ4n) is 1.95. The molecule has 0 bridgehead atoms. The van der Waals surface area contributed by atoms with Gasteiger partial charge >= 0.3 is 0 Å². The molecular formula is C11H20N4O. The summed E-state index contributed by atoms with van der Waals surface area (Å²) in [6, 6.07) is -0.131. The molecule has 0 aliphatic carbocycles. The Balaban J connectivity index is 2.05. The van der Waals surface area contributed by atoms with Crippen molar-refractivity contribution >= 4 is 5.95 Å². The Morgan fingerprint density at radius 1 is 1.31 bits per heavy atom. The second-order valence-electron chi connectivity index (χ2n) is 4.35. The normalized spacial score (nSPS) is 19.5. The van der Waals surface area contributed by atoms with Crippen LogP contribution in [0.3, 0.4) is 0 Å². The molecule has 2 rings (SSSR count). The summed E-state index contributed by atoms with van der Waals surface area (Å²) < 4.78 is 5.18. The zero-order valence-corrected chi connectivity index (χ0v) is 9.85. The van der Waals surface area contributed by atoms with Gasteiger partial charge in [-0.15, -0.1) is 0 Å². The van der Waals surface area contributed by atoms with Gasteiger partial charge in [0.05, 0.1) is 6.04 Å². The van der Waals surface area contributed by atoms with E-state index in [9.17, 15) is 0 Å². The predicted octanol–water partition coefficient (Wildman–Crippen LogP) is 1.86.